The molecular weight excluding hydrogens is 218 g/mol. The summed E-state index contributed by atoms with van der Waals surface area (Å²) in [5.41, 5.74) is 0.0347. The first kappa shape index (κ1) is 14.6. The van der Waals surface area contributed by atoms with Gasteiger partial charge in [-0.2, -0.15) is 0 Å². The molecule has 4 heteroatoms. The quantitative estimate of drug-likeness (QED) is 0.421. The summed E-state index contributed by atoms with van der Waals surface area (Å²) in [4.78, 5) is 14.6. The summed E-state index contributed by atoms with van der Waals surface area (Å²) in [5, 5.41) is 11.2. The van der Waals surface area contributed by atoms with Crippen molar-refractivity contribution in [3.05, 3.63) is 0 Å². The molecule has 100 valence electrons. The molecule has 2 N–H and O–H groups in total. The molecule has 1 saturated heterocycles. The number of hydrogen-bond donors (Lipinski definition) is 2. The van der Waals surface area contributed by atoms with E-state index in [-0.39, 0.29) is 0 Å². The van der Waals surface area contributed by atoms with Crippen LogP contribution < -0.4 is 5.32 Å². The third-order valence-corrected chi connectivity index (χ3v) is 3.78. The SMILES string of the molecule is CC(C)(C)OO.O=CC1CCC12CCNCC2. The van der Waals surface area contributed by atoms with E-state index in [0.717, 1.165) is 19.5 Å². The van der Waals surface area contributed by atoms with Crippen LogP contribution in [0.2, 0.25) is 0 Å². The van der Waals surface area contributed by atoms with Crippen molar-refractivity contribution in [1.29, 1.82) is 0 Å². The van der Waals surface area contributed by atoms with Crippen molar-refractivity contribution in [2.75, 3.05) is 13.1 Å². The Labute approximate surface area is 104 Å². The molecule has 4 nitrogen and oxygen atoms in total. The highest BCUT2D eigenvalue weighted by molar-refractivity contribution is 5.57. The molecular formula is C13H25NO3. The lowest BCUT2D eigenvalue weighted by Crippen LogP contribution is -2.48. The maximum atomic E-state index is 10.6. The first-order valence-corrected chi connectivity index (χ1v) is 6.42. The van der Waals surface area contributed by atoms with Crippen molar-refractivity contribution in [2.24, 2.45) is 11.3 Å². The van der Waals surface area contributed by atoms with Gasteiger partial charge in [0.2, 0.25) is 0 Å². The van der Waals surface area contributed by atoms with Gasteiger partial charge in [-0.25, -0.2) is 4.89 Å². The molecule has 0 aromatic rings. The minimum atomic E-state index is -0.403. The smallest absolute Gasteiger partial charge is 0.123 e. The van der Waals surface area contributed by atoms with E-state index in [1.54, 1.807) is 20.8 Å². The van der Waals surface area contributed by atoms with Gasteiger partial charge in [0.1, 0.15) is 6.29 Å². The van der Waals surface area contributed by atoms with Crippen LogP contribution in [-0.2, 0) is 9.68 Å². The third kappa shape index (κ3) is 4.05. The highest BCUT2D eigenvalue weighted by Gasteiger charge is 2.46. The van der Waals surface area contributed by atoms with Gasteiger partial charge in [0.15, 0.2) is 0 Å². The standard InChI is InChI=1S/C9H15NO.C4H10O2/c11-7-8-1-2-9(8)3-5-10-6-4-9;1-4(2,3)6-5/h7-8,10H,1-6H2;5H,1-3H3. The van der Waals surface area contributed by atoms with Gasteiger partial charge in [-0.1, -0.05) is 0 Å². The molecule has 1 aliphatic carbocycles. The lowest BCUT2D eigenvalue weighted by Gasteiger charge is -2.49. The molecule has 0 aromatic heterocycles. The summed E-state index contributed by atoms with van der Waals surface area (Å²) in [7, 11) is 0. The van der Waals surface area contributed by atoms with Crippen molar-refractivity contribution in [1.82, 2.24) is 5.32 Å². The number of carbonyl (C=O) groups excluding carboxylic acids is 1. The van der Waals surface area contributed by atoms with E-state index in [9.17, 15) is 4.79 Å². The molecule has 0 amide bonds. The molecule has 1 aliphatic heterocycles. The number of piperidine rings is 1. The lowest BCUT2D eigenvalue weighted by molar-refractivity contribution is -0.306. The summed E-state index contributed by atoms with van der Waals surface area (Å²) in [6.45, 7) is 7.54. The molecule has 2 rings (SSSR count). The fourth-order valence-electron chi connectivity index (χ4n) is 2.48. The summed E-state index contributed by atoms with van der Waals surface area (Å²) in [6, 6.07) is 0. The van der Waals surface area contributed by atoms with Gasteiger partial charge in [0, 0.05) is 5.92 Å². The fraction of sp³-hybridized carbons (Fsp3) is 0.923. The molecule has 0 radical (unpaired) electrons. The highest BCUT2D eigenvalue weighted by Crippen LogP contribution is 2.51. The largest absolute Gasteiger partial charge is 0.317 e. The maximum Gasteiger partial charge on any atom is 0.123 e. The van der Waals surface area contributed by atoms with Crippen LogP contribution in [0.25, 0.3) is 0 Å². The third-order valence-electron chi connectivity index (χ3n) is 3.78. The normalized spacial score (nSPS) is 26.7. The molecule has 1 spiro atoms. The van der Waals surface area contributed by atoms with Crippen molar-refractivity contribution in [3.63, 3.8) is 0 Å². The number of hydrogen-bond acceptors (Lipinski definition) is 4. The molecule has 0 bridgehead atoms. The van der Waals surface area contributed by atoms with E-state index in [4.69, 9.17) is 5.26 Å². The van der Waals surface area contributed by atoms with Crippen LogP contribution in [0, 0.1) is 11.3 Å². The van der Waals surface area contributed by atoms with Gasteiger partial charge in [0.05, 0.1) is 5.60 Å². The minimum Gasteiger partial charge on any atom is -0.317 e. The van der Waals surface area contributed by atoms with Crippen molar-refractivity contribution in [3.8, 4) is 0 Å². The van der Waals surface area contributed by atoms with Crippen LogP contribution >= 0.6 is 0 Å². The Morgan fingerprint density at radius 2 is 1.82 bits per heavy atom. The van der Waals surface area contributed by atoms with E-state index < -0.39 is 5.60 Å². The fourth-order valence-corrected chi connectivity index (χ4v) is 2.48. The van der Waals surface area contributed by atoms with Crippen LogP contribution in [0.4, 0.5) is 0 Å². The average molecular weight is 243 g/mol. The molecule has 1 unspecified atom stereocenters. The highest BCUT2D eigenvalue weighted by atomic mass is 17.1. The Bertz CT molecular complexity index is 242. The number of rotatable bonds is 1. The second kappa shape index (κ2) is 5.94. The monoisotopic (exact) mass is 243 g/mol. The van der Waals surface area contributed by atoms with E-state index in [1.807, 2.05) is 0 Å². The average Bonchev–Trinajstić information content (AvgIpc) is 2.29. The first-order valence-electron chi connectivity index (χ1n) is 6.42. The topological polar surface area (TPSA) is 58.6 Å². The summed E-state index contributed by atoms with van der Waals surface area (Å²) < 4.78 is 0. The Kier molecular flexibility index (Phi) is 5.10. The summed E-state index contributed by atoms with van der Waals surface area (Å²) in [5.74, 6) is 0.393. The van der Waals surface area contributed by atoms with Crippen LogP contribution in [-0.4, -0.2) is 30.2 Å². The summed E-state index contributed by atoms with van der Waals surface area (Å²) in [6.07, 6.45) is 6.04. The van der Waals surface area contributed by atoms with Gasteiger partial charge >= 0.3 is 0 Å². The molecule has 17 heavy (non-hydrogen) atoms. The first-order chi connectivity index (χ1) is 7.93. The molecule has 2 fully saturated rings. The minimum absolute atomic E-state index is 0.393. The lowest BCUT2D eigenvalue weighted by atomic mass is 9.56. The second-order valence-corrected chi connectivity index (χ2v) is 6.10. The molecule has 0 aromatic carbocycles. The van der Waals surface area contributed by atoms with Gasteiger partial charge in [-0.15, -0.1) is 0 Å². The van der Waals surface area contributed by atoms with Gasteiger partial charge in [0.25, 0.3) is 0 Å². The van der Waals surface area contributed by atoms with E-state index >= 15 is 0 Å². The zero-order valence-electron chi connectivity index (χ0n) is 11.2. The van der Waals surface area contributed by atoms with Gasteiger partial charge < -0.3 is 10.1 Å². The van der Waals surface area contributed by atoms with Crippen molar-refractivity contribution < 1.29 is 14.9 Å². The van der Waals surface area contributed by atoms with Gasteiger partial charge in [-0.3, -0.25) is 5.26 Å². The Morgan fingerprint density at radius 1 is 1.29 bits per heavy atom. The molecule has 1 saturated carbocycles. The van der Waals surface area contributed by atoms with E-state index in [1.165, 1.54) is 25.5 Å². The molecule has 1 atom stereocenters. The zero-order chi connectivity index (χ0) is 12.9. The summed E-state index contributed by atoms with van der Waals surface area (Å²) >= 11 is 0. The van der Waals surface area contributed by atoms with Crippen LogP contribution in [0.1, 0.15) is 46.5 Å². The Morgan fingerprint density at radius 3 is 2.12 bits per heavy atom. The Hall–Kier alpha value is -0.450. The number of carbonyl (C=O) groups is 1. The Balaban J connectivity index is 0.000000209. The molecule has 2 aliphatic rings. The van der Waals surface area contributed by atoms with Crippen LogP contribution in [0.15, 0.2) is 0 Å². The van der Waals surface area contributed by atoms with Gasteiger partial charge in [-0.05, 0) is 65.0 Å². The van der Waals surface area contributed by atoms with Crippen LogP contribution in [0.5, 0.6) is 0 Å². The van der Waals surface area contributed by atoms with Crippen molar-refractivity contribution in [2.45, 2.75) is 52.1 Å². The molecule has 1 heterocycles. The zero-order valence-corrected chi connectivity index (χ0v) is 11.2. The van der Waals surface area contributed by atoms with Crippen molar-refractivity contribution >= 4 is 6.29 Å². The van der Waals surface area contributed by atoms with E-state index in [2.05, 4.69) is 10.2 Å². The van der Waals surface area contributed by atoms with E-state index in [0.29, 0.717) is 11.3 Å². The predicted octanol–water partition coefficient (Wildman–Crippen LogP) is 2.24. The second-order valence-electron chi connectivity index (χ2n) is 6.10. The maximum absolute atomic E-state index is 10.6. The predicted molar refractivity (Wildman–Crippen MR) is 66.8 cm³/mol. The number of aldehydes is 1. The number of nitrogens with one attached hydrogen (secondary N) is 1. The van der Waals surface area contributed by atoms with Crippen LogP contribution in [0.3, 0.4) is 0 Å².